The van der Waals surface area contributed by atoms with Gasteiger partial charge in [0.05, 0.1) is 23.4 Å². The molecule has 2 unspecified atom stereocenters. The highest BCUT2D eigenvalue weighted by Crippen LogP contribution is 2.38. The molecule has 1 heterocycles. The molecule has 1 fully saturated rings. The van der Waals surface area contributed by atoms with E-state index in [4.69, 9.17) is 9.73 Å². The molecule has 0 spiro atoms. The van der Waals surface area contributed by atoms with Gasteiger partial charge < -0.3 is 10.1 Å². The van der Waals surface area contributed by atoms with Crippen LogP contribution < -0.4 is 10.1 Å². The number of hydrogen-bond acceptors (Lipinski definition) is 3. The maximum atomic E-state index is 14.0. The molecule has 0 saturated carbocycles. The minimum absolute atomic E-state index is 0.0281. The monoisotopic (exact) mass is 582 g/mol. The maximum absolute atomic E-state index is 14.0. The van der Waals surface area contributed by atoms with Gasteiger partial charge in [0.25, 0.3) is 0 Å². The van der Waals surface area contributed by atoms with Gasteiger partial charge in [0.1, 0.15) is 5.75 Å². The predicted octanol–water partition coefficient (Wildman–Crippen LogP) is 9.83. The van der Waals surface area contributed by atoms with Crippen molar-refractivity contribution in [1.82, 2.24) is 5.32 Å². The lowest BCUT2D eigenvalue weighted by Gasteiger charge is -2.21. The summed E-state index contributed by atoms with van der Waals surface area (Å²) in [6.45, 7) is 10.8. The summed E-state index contributed by atoms with van der Waals surface area (Å²) in [5.41, 5.74) is 0.715. The molecule has 3 rings (SSSR count). The summed E-state index contributed by atoms with van der Waals surface area (Å²) in [5, 5.41) is 3.44. The van der Waals surface area contributed by atoms with E-state index in [0.717, 1.165) is 49.7 Å². The van der Waals surface area contributed by atoms with Gasteiger partial charge in [0.15, 0.2) is 0 Å². The second-order valence-corrected chi connectivity index (χ2v) is 9.54. The van der Waals surface area contributed by atoms with Gasteiger partial charge in [-0.2, -0.15) is 26.3 Å². The topological polar surface area (TPSA) is 33.6 Å². The summed E-state index contributed by atoms with van der Waals surface area (Å²) >= 11 is 0. The summed E-state index contributed by atoms with van der Waals surface area (Å²) in [5.74, 6) is -0.0934. The van der Waals surface area contributed by atoms with Crippen molar-refractivity contribution in [3.8, 4) is 5.75 Å². The van der Waals surface area contributed by atoms with E-state index >= 15 is 0 Å². The van der Waals surface area contributed by atoms with Crippen molar-refractivity contribution in [3.05, 3.63) is 76.9 Å². The zero-order chi connectivity index (χ0) is 30.6. The first-order valence-corrected chi connectivity index (χ1v) is 14.1. The second kappa shape index (κ2) is 15.8. The lowest BCUT2D eigenvalue weighted by atomic mass is 9.95. The molecule has 9 heteroatoms. The standard InChI is InChI=1S/C30H34F6N2O.C2H6/c1-4-20(3)28(26-10-8-17-37-26)38-25(5-2)22-13-16-27(24(19-22)30(34,35)36)39-18-7-6-9-21-11-14-23(15-12-21)29(31,32)33;1-2/h5-6,9,11-16,19-20,26,37H,4,7-8,10,17-18H2,1-3H3;1-2H3/b9-6+,25-5-,38-28?;. The Hall–Kier alpha value is -3.07. The summed E-state index contributed by atoms with van der Waals surface area (Å²) in [6, 6.07) is 8.71. The minimum Gasteiger partial charge on any atom is -0.493 e. The summed E-state index contributed by atoms with van der Waals surface area (Å²) < 4.78 is 85.4. The van der Waals surface area contributed by atoms with E-state index in [-0.39, 0.29) is 30.7 Å². The molecule has 1 N–H and O–H groups in total. The smallest absolute Gasteiger partial charge is 0.419 e. The molecule has 2 aromatic rings. The number of halogens is 6. The van der Waals surface area contributed by atoms with Crippen LogP contribution >= 0.6 is 0 Å². The van der Waals surface area contributed by atoms with Crippen molar-refractivity contribution in [3.63, 3.8) is 0 Å². The van der Waals surface area contributed by atoms with Gasteiger partial charge in [-0.15, -0.1) is 0 Å². The molecular weight excluding hydrogens is 542 g/mol. The number of rotatable bonds is 10. The van der Waals surface area contributed by atoms with Crippen molar-refractivity contribution < 1.29 is 31.1 Å². The van der Waals surface area contributed by atoms with Crippen molar-refractivity contribution in [2.45, 2.75) is 78.7 Å². The Labute approximate surface area is 239 Å². The predicted molar refractivity (Wildman–Crippen MR) is 155 cm³/mol. The maximum Gasteiger partial charge on any atom is 0.419 e. The molecule has 1 aliphatic rings. The molecule has 226 valence electrons. The zero-order valence-electron chi connectivity index (χ0n) is 24.3. The van der Waals surface area contributed by atoms with Gasteiger partial charge >= 0.3 is 12.4 Å². The van der Waals surface area contributed by atoms with Gasteiger partial charge in [0, 0.05) is 17.3 Å². The van der Waals surface area contributed by atoms with Crippen molar-refractivity contribution in [1.29, 1.82) is 0 Å². The van der Waals surface area contributed by atoms with E-state index < -0.39 is 23.5 Å². The van der Waals surface area contributed by atoms with Crippen LogP contribution in [-0.2, 0) is 12.4 Å². The van der Waals surface area contributed by atoms with Crippen LogP contribution in [0.5, 0.6) is 5.75 Å². The molecule has 1 aliphatic heterocycles. The van der Waals surface area contributed by atoms with E-state index in [1.54, 1.807) is 31.2 Å². The first kappa shape index (κ1) is 34.1. The third-order valence-electron chi connectivity index (χ3n) is 6.73. The molecule has 0 radical (unpaired) electrons. The number of allylic oxidation sites excluding steroid dienone is 1. The lowest BCUT2D eigenvalue weighted by molar-refractivity contribution is -0.139. The Morgan fingerprint density at radius 1 is 1.05 bits per heavy atom. The Morgan fingerprint density at radius 3 is 2.27 bits per heavy atom. The molecule has 2 atom stereocenters. The van der Waals surface area contributed by atoms with E-state index in [1.807, 2.05) is 13.8 Å². The van der Waals surface area contributed by atoms with Crippen LogP contribution in [0.4, 0.5) is 26.3 Å². The fourth-order valence-electron chi connectivity index (χ4n) is 4.39. The number of benzene rings is 2. The van der Waals surface area contributed by atoms with E-state index in [2.05, 4.69) is 19.2 Å². The van der Waals surface area contributed by atoms with Crippen LogP contribution in [0.2, 0.25) is 0 Å². The zero-order valence-corrected chi connectivity index (χ0v) is 24.3. The average Bonchev–Trinajstić information content (AvgIpc) is 3.48. The molecular formula is C32H40F6N2O. The first-order chi connectivity index (χ1) is 19.4. The molecule has 2 aromatic carbocycles. The van der Waals surface area contributed by atoms with Gasteiger partial charge in [-0.25, -0.2) is 0 Å². The van der Waals surface area contributed by atoms with Crippen LogP contribution in [0.1, 0.15) is 82.6 Å². The lowest BCUT2D eigenvalue weighted by Crippen LogP contribution is -2.34. The third kappa shape index (κ3) is 10.1. The first-order valence-electron chi connectivity index (χ1n) is 14.1. The number of aliphatic imine (C=N–C) groups is 1. The largest absolute Gasteiger partial charge is 0.493 e. The van der Waals surface area contributed by atoms with Gasteiger partial charge in [0.2, 0.25) is 0 Å². The Kier molecular flexibility index (Phi) is 13.2. The summed E-state index contributed by atoms with van der Waals surface area (Å²) in [6.07, 6.45) is -0.935. The number of nitrogens with one attached hydrogen (secondary N) is 1. The second-order valence-electron chi connectivity index (χ2n) is 9.54. The SMILES string of the molecule is C/C=C(\N=C(C(C)CC)C1CCCN1)c1ccc(OCC/C=C/c2ccc(C(F)(F)F)cc2)c(C(F)(F)F)c1.CC. The van der Waals surface area contributed by atoms with Crippen molar-refractivity contribution in [2.75, 3.05) is 13.2 Å². The normalized spacial score (nSPS) is 17.4. The van der Waals surface area contributed by atoms with Crippen LogP contribution in [0, 0.1) is 5.92 Å². The van der Waals surface area contributed by atoms with Gasteiger partial charge in [-0.1, -0.05) is 58.1 Å². The van der Waals surface area contributed by atoms with Crippen LogP contribution in [-0.4, -0.2) is 24.9 Å². The molecule has 41 heavy (non-hydrogen) atoms. The molecule has 3 nitrogen and oxygen atoms in total. The molecule has 1 saturated heterocycles. The highest BCUT2D eigenvalue weighted by atomic mass is 19.4. The Balaban J connectivity index is 0.00000287. The van der Waals surface area contributed by atoms with Crippen LogP contribution in [0.15, 0.2) is 59.6 Å². The average molecular weight is 583 g/mol. The van der Waals surface area contributed by atoms with E-state index in [1.165, 1.54) is 18.2 Å². The molecule has 0 amide bonds. The number of nitrogens with zero attached hydrogens (tertiary/aromatic N) is 1. The fourth-order valence-corrected chi connectivity index (χ4v) is 4.39. The Bertz CT molecular complexity index is 1170. The molecule has 0 aromatic heterocycles. The van der Waals surface area contributed by atoms with Crippen LogP contribution in [0.25, 0.3) is 11.8 Å². The molecule has 0 bridgehead atoms. The number of hydrogen-bond donors (Lipinski definition) is 1. The fraction of sp³-hybridized carbons (Fsp3) is 0.469. The van der Waals surface area contributed by atoms with E-state index in [0.29, 0.717) is 16.8 Å². The van der Waals surface area contributed by atoms with Crippen molar-refractivity contribution in [2.24, 2.45) is 10.9 Å². The van der Waals surface area contributed by atoms with Gasteiger partial charge in [-0.3, -0.25) is 4.99 Å². The number of alkyl halides is 6. The third-order valence-corrected chi connectivity index (χ3v) is 6.73. The minimum atomic E-state index is -4.63. The highest BCUT2D eigenvalue weighted by molar-refractivity contribution is 5.95. The highest BCUT2D eigenvalue weighted by Gasteiger charge is 2.35. The van der Waals surface area contributed by atoms with E-state index in [9.17, 15) is 26.3 Å². The molecule has 0 aliphatic carbocycles. The van der Waals surface area contributed by atoms with Crippen LogP contribution in [0.3, 0.4) is 0 Å². The van der Waals surface area contributed by atoms with Gasteiger partial charge in [-0.05, 0) is 81.0 Å². The Morgan fingerprint density at radius 2 is 1.73 bits per heavy atom. The quantitative estimate of drug-likeness (QED) is 0.172. The summed E-state index contributed by atoms with van der Waals surface area (Å²) in [7, 11) is 0. The summed E-state index contributed by atoms with van der Waals surface area (Å²) in [4.78, 5) is 4.84. The van der Waals surface area contributed by atoms with Crippen molar-refractivity contribution >= 4 is 17.5 Å². The number of ether oxygens (including phenoxy) is 1.